The number of nitrogens with zero attached hydrogens (tertiary/aromatic N) is 2. The zero-order valence-electron chi connectivity index (χ0n) is 18.1. The SMILES string of the molecule is COc1ccc(S(=O)(=O)CCC(=O)N(Cc2ccco2)c2nc3cc(OC)ccc3s2)cc1. The smallest absolute Gasteiger partial charge is 0.230 e. The number of sulfone groups is 1. The van der Waals surface area contributed by atoms with Gasteiger partial charge in [-0.05, 0) is 48.5 Å². The molecule has 0 fully saturated rings. The fourth-order valence-electron chi connectivity index (χ4n) is 3.22. The third-order valence-corrected chi connectivity index (χ3v) is 7.80. The Morgan fingerprint density at radius 3 is 2.45 bits per heavy atom. The van der Waals surface area contributed by atoms with E-state index >= 15 is 0 Å². The lowest BCUT2D eigenvalue weighted by molar-refractivity contribution is -0.118. The average Bonchev–Trinajstić information content (AvgIpc) is 3.50. The molecule has 2 aromatic heterocycles. The van der Waals surface area contributed by atoms with Crippen molar-refractivity contribution in [1.82, 2.24) is 4.98 Å². The molecule has 0 aliphatic rings. The Bertz CT molecular complexity index is 1350. The van der Waals surface area contributed by atoms with Gasteiger partial charge < -0.3 is 13.9 Å². The standard InChI is InChI=1S/C23H22N2O6S2/c1-29-16-5-8-19(9-6-16)33(27,28)13-11-22(26)25(15-18-4-3-12-31-18)23-24-20-14-17(30-2)7-10-21(20)32-23/h3-10,12,14H,11,13,15H2,1-2H3. The Morgan fingerprint density at radius 2 is 1.79 bits per heavy atom. The molecule has 0 bridgehead atoms. The molecular weight excluding hydrogens is 464 g/mol. The van der Waals surface area contributed by atoms with E-state index in [-0.39, 0.29) is 29.5 Å². The van der Waals surface area contributed by atoms with Crippen molar-refractivity contribution in [3.8, 4) is 11.5 Å². The molecular formula is C23H22N2O6S2. The van der Waals surface area contributed by atoms with Crippen molar-refractivity contribution >= 4 is 42.4 Å². The summed E-state index contributed by atoms with van der Waals surface area (Å²) in [5.41, 5.74) is 0.692. The quantitative estimate of drug-likeness (QED) is 0.348. The lowest BCUT2D eigenvalue weighted by Gasteiger charge is -2.18. The highest BCUT2D eigenvalue weighted by molar-refractivity contribution is 7.91. The predicted molar refractivity (Wildman–Crippen MR) is 126 cm³/mol. The number of rotatable bonds is 9. The van der Waals surface area contributed by atoms with Crippen LogP contribution in [0.1, 0.15) is 12.2 Å². The van der Waals surface area contributed by atoms with Gasteiger partial charge in [0.25, 0.3) is 0 Å². The maximum atomic E-state index is 13.2. The third-order valence-electron chi connectivity index (χ3n) is 5.01. The summed E-state index contributed by atoms with van der Waals surface area (Å²) in [4.78, 5) is 19.4. The summed E-state index contributed by atoms with van der Waals surface area (Å²) >= 11 is 1.34. The van der Waals surface area contributed by atoms with E-state index in [1.54, 1.807) is 37.4 Å². The van der Waals surface area contributed by atoms with Gasteiger partial charge in [-0.25, -0.2) is 13.4 Å². The molecule has 0 spiro atoms. The summed E-state index contributed by atoms with van der Waals surface area (Å²) in [5.74, 6) is 1.09. The van der Waals surface area contributed by atoms with Crippen molar-refractivity contribution in [2.75, 3.05) is 24.9 Å². The second-order valence-electron chi connectivity index (χ2n) is 7.13. The lowest BCUT2D eigenvalue weighted by Crippen LogP contribution is -2.31. The summed E-state index contributed by atoms with van der Waals surface area (Å²) in [7, 11) is -0.570. The minimum Gasteiger partial charge on any atom is -0.497 e. The van der Waals surface area contributed by atoms with E-state index < -0.39 is 9.84 Å². The minimum atomic E-state index is -3.65. The van der Waals surface area contributed by atoms with Gasteiger partial charge in [-0.15, -0.1) is 0 Å². The normalized spacial score (nSPS) is 11.5. The topological polar surface area (TPSA) is 98.9 Å². The third kappa shape index (κ3) is 5.18. The van der Waals surface area contributed by atoms with Crippen LogP contribution in [0, 0.1) is 0 Å². The van der Waals surface area contributed by atoms with Gasteiger partial charge in [-0.3, -0.25) is 9.69 Å². The van der Waals surface area contributed by atoms with Crippen LogP contribution in [0.5, 0.6) is 11.5 Å². The largest absolute Gasteiger partial charge is 0.497 e. The molecule has 4 aromatic rings. The van der Waals surface area contributed by atoms with Crippen molar-refractivity contribution in [3.05, 3.63) is 66.6 Å². The molecule has 0 unspecified atom stereocenters. The molecule has 8 nitrogen and oxygen atoms in total. The van der Waals surface area contributed by atoms with Crippen molar-refractivity contribution in [2.45, 2.75) is 17.9 Å². The van der Waals surface area contributed by atoms with Crippen LogP contribution in [0.3, 0.4) is 0 Å². The van der Waals surface area contributed by atoms with Crippen LogP contribution in [0.15, 0.2) is 70.2 Å². The number of anilines is 1. The zero-order valence-corrected chi connectivity index (χ0v) is 19.7. The van der Waals surface area contributed by atoms with Crippen LogP contribution in [0.2, 0.25) is 0 Å². The Morgan fingerprint density at radius 1 is 1.06 bits per heavy atom. The van der Waals surface area contributed by atoms with Crippen LogP contribution >= 0.6 is 11.3 Å². The summed E-state index contributed by atoms with van der Waals surface area (Å²) in [6.45, 7) is 0.144. The van der Waals surface area contributed by atoms with E-state index in [0.717, 1.165) is 4.70 Å². The van der Waals surface area contributed by atoms with Crippen molar-refractivity contribution in [1.29, 1.82) is 0 Å². The molecule has 0 radical (unpaired) electrons. The highest BCUT2D eigenvalue weighted by atomic mass is 32.2. The molecule has 4 rings (SSSR count). The highest BCUT2D eigenvalue weighted by Gasteiger charge is 2.24. The fourth-order valence-corrected chi connectivity index (χ4v) is 5.41. The lowest BCUT2D eigenvalue weighted by atomic mass is 10.3. The van der Waals surface area contributed by atoms with Gasteiger partial charge in [0.15, 0.2) is 15.0 Å². The summed E-state index contributed by atoms with van der Waals surface area (Å²) < 4.78 is 42.2. The second kappa shape index (κ2) is 9.63. The summed E-state index contributed by atoms with van der Waals surface area (Å²) in [6.07, 6.45) is 1.32. The Hall–Kier alpha value is -3.37. The molecule has 1 amide bonds. The van der Waals surface area contributed by atoms with E-state index in [1.165, 1.54) is 41.7 Å². The summed E-state index contributed by atoms with van der Waals surface area (Å²) in [6, 6.07) is 15.1. The molecule has 172 valence electrons. The Kier molecular flexibility index (Phi) is 6.66. The highest BCUT2D eigenvalue weighted by Crippen LogP contribution is 2.32. The summed E-state index contributed by atoms with van der Waals surface area (Å²) in [5, 5.41) is 0.460. The maximum absolute atomic E-state index is 13.2. The number of hydrogen-bond donors (Lipinski definition) is 0. The number of amides is 1. The number of aromatic nitrogens is 1. The Labute approximate surface area is 195 Å². The van der Waals surface area contributed by atoms with Gasteiger partial charge in [0, 0.05) is 12.5 Å². The maximum Gasteiger partial charge on any atom is 0.230 e. The number of carbonyl (C=O) groups excluding carboxylic acids is 1. The molecule has 0 aliphatic carbocycles. The first kappa shape index (κ1) is 22.8. The zero-order chi connectivity index (χ0) is 23.4. The first-order chi connectivity index (χ1) is 15.9. The number of benzene rings is 2. The molecule has 10 heteroatoms. The number of ether oxygens (including phenoxy) is 2. The molecule has 33 heavy (non-hydrogen) atoms. The second-order valence-corrected chi connectivity index (χ2v) is 10.3. The van der Waals surface area contributed by atoms with Crippen LogP contribution < -0.4 is 14.4 Å². The monoisotopic (exact) mass is 486 g/mol. The van der Waals surface area contributed by atoms with Gasteiger partial charge >= 0.3 is 0 Å². The number of hydrogen-bond acceptors (Lipinski definition) is 8. The van der Waals surface area contributed by atoms with Gasteiger partial charge in [-0.1, -0.05) is 11.3 Å². The van der Waals surface area contributed by atoms with Gasteiger partial charge in [0.05, 0.1) is 47.9 Å². The molecule has 0 atom stereocenters. The van der Waals surface area contributed by atoms with Crippen molar-refractivity contribution in [2.24, 2.45) is 0 Å². The molecule has 0 saturated heterocycles. The first-order valence-corrected chi connectivity index (χ1v) is 12.5. The number of methoxy groups -OCH3 is 2. The molecule has 2 aromatic carbocycles. The number of furan rings is 1. The molecule has 0 aliphatic heterocycles. The van der Waals surface area contributed by atoms with Crippen LogP contribution in [-0.2, 0) is 21.2 Å². The van der Waals surface area contributed by atoms with Gasteiger partial charge in [0.1, 0.15) is 17.3 Å². The number of thiazole rings is 1. The minimum absolute atomic E-state index is 0.140. The van der Waals surface area contributed by atoms with E-state index in [9.17, 15) is 13.2 Å². The van der Waals surface area contributed by atoms with Crippen molar-refractivity contribution < 1.29 is 27.1 Å². The average molecular weight is 487 g/mol. The molecule has 0 saturated carbocycles. The van der Waals surface area contributed by atoms with E-state index in [2.05, 4.69) is 4.98 Å². The van der Waals surface area contributed by atoms with E-state index in [4.69, 9.17) is 13.9 Å². The molecule has 0 N–H and O–H groups in total. The fraction of sp³-hybridized carbons (Fsp3) is 0.217. The number of fused-ring (bicyclic) bond motifs is 1. The Balaban J connectivity index is 1.57. The van der Waals surface area contributed by atoms with Crippen LogP contribution in [0.4, 0.5) is 5.13 Å². The van der Waals surface area contributed by atoms with Gasteiger partial charge in [0.2, 0.25) is 5.91 Å². The van der Waals surface area contributed by atoms with Crippen LogP contribution in [-0.4, -0.2) is 39.3 Å². The van der Waals surface area contributed by atoms with E-state index in [0.29, 0.717) is 27.9 Å². The van der Waals surface area contributed by atoms with Crippen LogP contribution in [0.25, 0.3) is 10.2 Å². The molecule has 2 heterocycles. The first-order valence-electron chi connectivity index (χ1n) is 10.0. The van der Waals surface area contributed by atoms with Crippen molar-refractivity contribution in [3.63, 3.8) is 0 Å². The predicted octanol–water partition coefficient (Wildman–Crippen LogP) is 4.30. The van der Waals surface area contributed by atoms with Gasteiger partial charge in [-0.2, -0.15) is 0 Å². The van der Waals surface area contributed by atoms with E-state index in [1.807, 2.05) is 12.1 Å². The number of carbonyl (C=O) groups is 1.